The number of nitrogens with zero attached hydrogens (tertiary/aromatic N) is 2. The van der Waals surface area contributed by atoms with E-state index in [1.165, 1.54) is 0 Å². The summed E-state index contributed by atoms with van der Waals surface area (Å²) in [5, 5.41) is 19.8. The Balaban J connectivity index is 2.42. The second kappa shape index (κ2) is 6.10. The van der Waals surface area contributed by atoms with Crippen molar-refractivity contribution in [3.63, 3.8) is 0 Å². The number of amides is 1. The third kappa shape index (κ3) is 2.83. The molecular formula is C12H12F2N2O5. The number of carbonyl (C=O) groups is 1. The highest BCUT2D eigenvalue weighted by Crippen LogP contribution is 2.25. The van der Waals surface area contributed by atoms with Crippen LogP contribution in [0, 0.1) is 21.7 Å². The van der Waals surface area contributed by atoms with E-state index < -0.39 is 46.4 Å². The Hall–Kier alpha value is -2.13. The molecular weight excluding hydrogens is 290 g/mol. The molecule has 1 fully saturated rings. The molecule has 7 nitrogen and oxygen atoms in total. The molecule has 1 atom stereocenters. The molecule has 1 unspecified atom stereocenters. The zero-order valence-electron chi connectivity index (χ0n) is 10.8. The molecule has 0 saturated carbocycles. The summed E-state index contributed by atoms with van der Waals surface area (Å²) < 4.78 is 32.8. The average molecular weight is 302 g/mol. The van der Waals surface area contributed by atoms with Crippen LogP contribution < -0.4 is 0 Å². The van der Waals surface area contributed by atoms with Crippen molar-refractivity contribution in [3.05, 3.63) is 39.4 Å². The molecule has 114 valence electrons. The molecule has 1 aliphatic rings. The molecule has 0 spiro atoms. The summed E-state index contributed by atoms with van der Waals surface area (Å²) in [7, 11) is 0. The number of nitro benzene ring substituents is 1. The first-order chi connectivity index (χ1) is 9.97. The van der Waals surface area contributed by atoms with Crippen molar-refractivity contribution >= 4 is 11.6 Å². The third-order valence-electron chi connectivity index (χ3n) is 3.18. The van der Waals surface area contributed by atoms with E-state index in [1.807, 2.05) is 0 Å². The Morgan fingerprint density at radius 1 is 1.52 bits per heavy atom. The molecule has 1 amide bonds. The normalized spacial score (nSPS) is 18.6. The Kier molecular flexibility index (Phi) is 4.43. The van der Waals surface area contributed by atoms with Crippen LogP contribution in [0.25, 0.3) is 0 Å². The third-order valence-corrected chi connectivity index (χ3v) is 3.18. The number of morpholine rings is 1. The van der Waals surface area contributed by atoms with Crippen LogP contribution >= 0.6 is 0 Å². The van der Waals surface area contributed by atoms with Gasteiger partial charge in [0.05, 0.1) is 30.8 Å². The number of aliphatic hydroxyl groups excluding tert-OH is 1. The lowest BCUT2D eigenvalue weighted by atomic mass is 10.1. The minimum absolute atomic E-state index is 0.0282. The molecule has 9 heteroatoms. The van der Waals surface area contributed by atoms with Crippen molar-refractivity contribution in [3.8, 4) is 0 Å². The highest BCUT2D eigenvalue weighted by atomic mass is 19.1. The smallest absolute Gasteiger partial charge is 0.305 e. The molecule has 0 aromatic heterocycles. The molecule has 1 N–H and O–H groups in total. The number of nitro groups is 1. The van der Waals surface area contributed by atoms with Crippen LogP contribution in [0.3, 0.4) is 0 Å². The summed E-state index contributed by atoms with van der Waals surface area (Å²) in [6, 6.07) is 0.581. The molecule has 21 heavy (non-hydrogen) atoms. The van der Waals surface area contributed by atoms with Gasteiger partial charge in [0, 0.05) is 12.6 Å². The van der Waals surface area contributed by atoms with E-state index in [0.29, 0.717) is 12.1 Å². The van der Waals surface area contributed by atoms with Gasteiger partial charge in [-0.05, 0) is 6.07 Å². The Morgan fingerprint density at radius 3 is 2.86 bits per heavy atom. The Labute approximate surface area is 117 Å². The quantitative estimate of drug-likeness (QED) is 0.655. The number of ether oxygens (including phenoxy) is 1. The predicted octanol–water partition coefficient (Wildman–Crippen LogP) is 0.706. The van der Waals surface area contributed by atoms with Gasteiger partial charge < -0.3 is 14.7 Å². The van der Waals surface area contributed by atoms with E-state index in [0.717, 1.165) is 4.90 Å². The fourth-order valence-corrected chi connectivity index (χ4v) is 2.10. The van der Waals surface area contributed by atoms with Crippen molar-refractivity contribution in [2.45, 2.75) is 6.04 Å². The maximum Gasteiger partial charge on any atom is 0.305 e. The van der Waals surface area contributed by atoms with Gasteiger partial charge in [-0.15, -0.1) is 0 Å². The number of rotatable bonds is 3. The zero-order valence-corrected chi connectivity index (χ0v) is 10.8. The van der Waals surface area contributed by atoms with Gasteiger partial charge in [-0.1, -0.05) is 0 Å². The second-order valence-corrected chi connectivity index (χ2v) is 4.42. The average Bonchev–Trinajstić information content (AvgIpc) is 2.46. The standard InChI is InChI=1S/C12H12F2N2O5/c13-8-1-2-9(16(19)20)11(14)10(8)12(18)15-3-4-21-6-7(15)5-17/h1-2,7,17H,3-6H2. The van der Waals surface area contributed by atoms with Crippen LogP contribution in [0.1, 0.15) is 10.4 Å². The van der Waals surface area contributed by atoms with Crippen molar-refractivity contribution in [2.24, 2.45) is 0 Å². The summed E-state index contributed by atoms with van der Waals surface area (Å²) in [6.07, 6.45) is 0. The van der Waals surface area contributed by atoms with Gasteiger partial charge in [0.15, 0.2) is 0 Å². The lowest BCUT2D eigenvalue weighted by molar-refractivity contribution is -0.387. The van der Waals surface area contributed by atoms with Crippen molar-refractivity contribution in [1.82, 2.24) is 4.90 Å². The first kappa shape index (κ1) is 15.3. The summed E-state index contributed by atoms with van der Waals surface area (Å²) in [5.74, 6) is -3.75. The maximum absolute atomic E-state index is 14.0. The van der Waals surface area contributed by atoms with E-state index in [2.05, 4.69) is 0 Å². The van der Waals surface area contributed by atoms with Gasteiger partial charge in [0.2, 0.25) is 5.82 Å². The molecule has 2 rings (SSSR count). The molecule has 0 aliphatic carbocycles. The summed E-state index contributed by atoms with van der Waals surface area (Å²) in [5.41, 5.74) is -1.97. The van der Waals surface area contributed by atoms with Gasteiger partial charge >= 0.3 is 5.69 Å². The van der Waals surface area contributed by atoms with Crippen LogP contribution in [0.4, 0.5) is 14.5 Å². The maximum atomic E-state index is 14.0. The van der Waals surface area contributed by atoms with Gasteiger partial charge in [0.25, 0.3) is 5.91 Å². The van der Waals surface area contributed by atoms with E-state index >= 15 is 0 Å². The van der Waals surface area contributed by atoms with Gasteiger partial charge in [0.1, 0.15) is 11.4 Å². The van der Waals surface area contributed by atoms with Crippen molar-refractivity contribution in [1.29, 1.82) is 0 Å². The van der Waals surface area contributed by atoms with Crippen molar-refractivity contribution < 1.29 is 28.3 Å². The van der Waals surface area contributed by atoms with E-state index in [1.54, 1.807) is 0 Å². The Bertz CT molecular complexity index is 581. The van der Waals surface area contributed by atoms with Gasteiger partial charge in [-0.3, -0.25) is 14.9 Å². The first-order valence-corrected chi connectivity index (χ1v) is 6.09. The van der Waals surface area contributed by atoms with Crippen LogP contribution in [-0.4, -0.2) is 53.2 Å². The fourth-order valence-electron chi connectivity index (χ4n) is 2.10. The van der Waals surface area contributed by atoms with Gasteiger partial charge in [-0.25, -0.2) is 4.39 Å². The second-order valence-electron chi connectivity index (χ2n) is 4.42. The molecule has 1 aromatic carbocycles. The number of carbonyl (C=O) groups excluding carboxylic acids is 1. The molecule has 1 heterocycles. The van der Waals surface area contributed by atoms with E-state index in [9.17, 15) is 23.7 Å². The lowest BCUT2D eigenvalue weighted by Crippen LogP contribution is -2.50. The van der Waals surface area contributed by atoms with E-state index in [-0.39, 0.29) is 19.8 Å². The van der Waals surface area contributed by atoms with Crippen LogP contribution in [-0.2, 0) is 4.74 Å². The number of halogens is 2. The summed E-state index contributed by atoms with van der Waals surface area (Å²) in [4.78, 5) is 22.9. The Morgan fingerprint density at radius 2 is 2.24 bits per heavy atom. The first-order valence-electron chi connectivity index (χ1n) is 6.09. The predicted molar refractivity (Wildman–Crippen MR) is 65.7 cm³/mol. The molecule has 1 saturated heterocycles. The number of aliphatic hydroxyl groups is 1. The molecule has 1 aromatic rings. The summed E-state index contributed by atoms with van der Waals surface area (Å²) >= 11 is 0. The fraction of sp³-hybridized carbons (Fsp3) is 0.417. The monoisotopic (exact) mass is 302 g/mol. The SMILES string of the molecule is O=C(c1c(F)ccc([N+](=O)[O-])c1F)N1CCOCC1CO. The van der Waals surface area contributed by atoms with Crippen LogP contribution in [0.5, 0.6) is 0 Å². The molecule has 1 aliphatic heterocycles. The van der Waals surface area contributed by atoms with Crippen LogP contribution in [0.15, 0.2) is 12.1 Å². The largest absolute Gasteiger partial charge is 0.394 e. The van der Waals surface area contributed by atoms with Crippen LogP contribution in [0.2, 0.25) is 0 Å². The van der Waals surface area contributed by atoms with Gasteiger partial charge in [-0.2, -0.15) is 4.39 Å². The zero-order chi connectivity index (χ0) is 15.6. The number of hydrogen-bond acceptors (Lipinski definition) is 5. The number of benzene rings is 1. The van der Waals surface area contributed by atoms with E-state index in [4.69, 9.17) is 9.84 Å². The highest BCUT2D eigenvalue weighted by Gasteiger charge is 2.33. The topological polar surface area (TPSA) is 92.9 Å². The minimum atomic E-state index is -1.52. The number of hydrogen-bond donors (Lipinski definition) is 1. The summed E-state index contributed by atoms with van der Waals surface area (Å²) in [6.45, 7) is -0.226. The lowest BCUT2D eigenvalue weighted by Gasteiger charge is -2.34. The van der Waals surface area contributed by atoms with Crippen molar-refractivity contribution in [2.75, 3.05) is 26.4 Å². The minimum Gasteiger partial charge on any atom is -0.394 e. The molecule has 0 bridgehead atoms. The highest BCUT2D eigenvalue weighted by molar-refractivity contribution is 5.95. The molecule has 0 radical (unpaired) electrons.